The lowest BCUT2D eigenvalue weighted by Gasteiger charge is -2.36. The Bertz CT molecular complexity index is 533. The molecule has 1 aliphatic heterocycles. The molecule has 0 bridgehead atoms. The Morgan fingerprint density at radius 2 is 2.04 bits per heavy atom. The van der Waals surface area contributed by atoms with Crippen LogP contribution in [0.1, 0.15) is 32.6 Å². The van der Waals surface area contributed by atoms with E-state index in [-0.39, 0.29) is 17.7 Å². The van der Waals surface area contributed by atoms with Crippen molar-refractivity contribution in [3.05, 3.63) is 0 Å². The van der Waals surface area contributed by atoms with Crippen molar-refractivity contribution in [2.75, 3.05) is 27.2 Å². The van der Waals surface area contributed by atoms with E-state index in [1.54, 1.807) is 14.1 Å². The zero-order chi connectivity index (χ0) is 17.2. The quantitative estimate of drug-likeness (QED) is 0.585. The van der Waals surface area contributed by atoms with Crippen LogP contribution in [0.25, 0.3) is 0 Å². The highest BCUT2D eigenvalue weighted by molar-refractivity contribution is 6.09. The molecule has 2 aliphatic rings. The van der Waals surface area contributed by atoms with E-state index in [9.17, 15) is 19.2 Å². The molecule has 23 heavy (non-hydrogen) atoms. The minimum absolute atomic E-state index is 0.0315. The topological polar surface area (TPSA) is 96.0 Å². The number of rotatable bonds is 4. The third kappa shape index (κ3) is 3.30. The summed E-state index contributed by atoms with van der Waals surface area (Å²) in [6.07, 6.45) is 3.35. The Kier molecular flexibility index (Phi) is 4.91. The summed E-state index contributed by atoms with van der Waals surface area (Å²) in [6, 6.07) is -0.570. The normalized spacial score (nSPS) is 27.1. The maximum Gasteiger partial charge on any atom is 0.326 e. The van der Waals surface area contributed by atoms with Gasteiger partial charge in [0.05, 0.1) is 0 Å². The lowest BCUT2D eigenvalue weighted by Crippen LogP contribution is -2.54. The van der Waals surface area contributed by atoms with Crippen LogP contribution in [-0.4, -0.2) is 66.4 Å². The first-order valence-corrected chi connectivity index (χ1v) is 7.78. The van der Waals surface area contributed by atoms with E-state index < -0.39 is 30.7 Å². The summed E-state index contributed by atoms with van der Waals surface area (Å²) < 4.78 is 4.82. The summed E-state index contributed by atoms with van der Waals surface area (Å²) in [5, 5.41) is 2.76. The van der Waals surface area contributed by atoms with Gasteiger partial charge in [0.2, 0.25) is 0 Å². The summed E-state index contributed by atoms with van der Waals surface area (Å²) in [5.41, 5.74) is -0.894. The van der Waals surface area contributed by atoms with Crippen molar-refractivity contribution in [3.8, 4) is 0 Å². The monoisotopic (exact) mass is 325 g/mol. The fourth-order valence-electron chi connectivity index (χ4n) is 3.09. The van der Waals surface area contributed by atoms with Gasteiger partial charge in [-0.3, -0.25) is 19.3 Å². The maximum absolute atomic E-state index is 12.6. The Morgan fingerprint density at radius 1 is 1.35 bits per heavy atom. The second-order valence-electron chi connectivity index (χ2n) is 6.39. The van der Waals surface area contributed by atoms with Crippen molar-refractivity contribution in [1.82, 2.24) is 15.1 Å². The third-order valence-corrected chi connectivity index (χ3v) is 4.64. The number of nitrogens with zero attached hydrogens (tertiary/aromatic N) is 2. The highest BCUT2D eigenvalue weighted by Gasteiger charge is 2.55. The van der Waals surface area contributed by atoms with Crippen molar-refractivity contribution >= 4 is 23.8 Å². The molecule has 1 aliphatic carbocycles. The number of ether oxygens (including phenoxy) is 1. The van der Waals surface area contributed by atoms with Gasteiger partial charge in [-0.2, -0.15) is 0 Å². The van der Waals surface area contributed by atoms with Crippen molar-refractivity contribution in [1.29, 1.82) is 0 Å². The van der Waals surface area contributed by atoms with Gasteiger partial charge >= 0.3 is 12.0 Å². The molecule has 0 radical (unpaired) electrons. The molecule has 1 spiro atoms. The Morgan fingerprint density at radius 3 is 2.65 bits per heavy atom. The molecule has 0 aromatic heterocycles. The fourth-order valence-corrected chi connectivity index (χ4v) is 3.09. The second-order valence-corrected chi connectivity index (χ2v) is 6.39. The molecular formula is C15H23N3O5. The van der Waals surface area contributed by atoms with Crippen molar-refractivity contribution in [2.45, 2.75) is 38.1 Å². The lowest BCUT2D eigenvalue weighted by atomic mass is 9.73. The van der Waals surface area contributed by atoms with Gasteiger partial charge < -0.3 is 15.0 Å². The van der Waals surface area contributed by atoms with Gasteiger partial charge in [0, 0.05) is 14.1 Å². The highest BCUT2D eigenvalue weighted by atomic mass is 16.5. The zero-order valence-corrected chi connectivity index (χ0v) is 13.8. The van der Waals surface area contributed by atoms with Crippen LogP contribution in [0.5, 0.6) is 0 Å². The minimum Gasteiger partial charge on any atom is -0.454 e. The van der Waals surface area contributed by atoms with E-state index in [4.69, 9.17) is 4.74 Å². The van der Waals surface area contributed by atoms with Gasteiger partial charge in [0.15, 0.2) is 6.61 Å². The number of nitrogens with one attached hydrogen (secondary N) is 1. The standard InChI is InChI=1S/C15H23N3O5/c1-10-6-4-5-7-15(10)13(21)18(14(22)16-15)8-12(20)23-9-11(19)17(2)3/h10H,4-9H2,1-3H3,(H,16,22)/t10-,15-/m1/s1. The largest absolute Gasteiger partial charge is 0.454 e. The first-order valence-electron chi connectivity index (χ1n) is 7.78. The molecule has 4 amide bonds. The summed E-state index contributed by atoms with van der Waals surface area (Å²) in [6.45, 7) is 1.06. The summed E-state index contributed by atoms with van der Waals surface area (Å²) in [4.78, 5) is 50.1. The van der Waals surface area contributed by atoms with E-state index in [2.05, 4.69) is 5.32 Å². The molecular weight excluding hydrogens is 302 g/mol. The van der Waals surface area contributed by atoms with Gasteiger partial charge in [-0.05, 0) is 18.8 Å². The van der Waals surface area contributed by atoms with E-state index in [1.165, 1.54) is 4.90 Å². The Hall–Kier alpha value is -2.12. The predicted molar refractivity (Wildman–Crippen MR) is 80.3 cm³/mol. The van der Waals surface area contributed by atoms with Gasteiger partial charge in [-0.25, -0.2) is 4.79 Å². The predicted octanol–water partition coefficient (Wildman–Crippen LogP) is 0.119. The maximum atomic E-state index is 12.6. The molecule has 128 valence electrons. The van der Waals surface area contributed by atoms with Crippen LogP contribution in [0.4, 0.5) is 4.79 Å². The van der Waals surface area contributed by atoms with Crippen LogP contribution in [0.3, 0.4) is 0 Å². The highest BCUT2D eigenvalue weighted by Crippen LogP contribution is 2.38. The number of likely N-dealkylation sites (N-methyl/N-ethyl adjacent to an activating group) is 1. The molecule has 0 aromatic rings. The molecule has 2 atom stereocenters. The minimum atomic E-state index is -0.894. The number of imide groups is 1. The first-order chi connectivity index (χ1) is 10.8. The fraction of sp³-hybridized carbons (Fsp3) is 0.733. The molecule has 0 aromatic carbocycles. The van der Waals surface area contributed by atoms with Crippen LogP contribution in [0.15, 0.2) is 0 Å². The van der Waals surface area contributed by atoms with Gasteiger partial charge in [-0.15, -0.1) is 0 Å². The number of amides is 4. The molecule has 0 unspecified atom stereocenters. The molecule has 1 heterocycles. The van der Waals surface area contributed by atoms with Gasteiger partial charge in [-0.1, -0.05) is 19.8 Å². The van der Waals surface area contributed by atoms with Crippen molar-refractivity contribution < 1.29 is 23.9 Å². The smallest absolute Gasteiger partial charge is 0.326 e. The summed E-state index contributed by atoms with van der Waals surface area (Å²) in [5.74, 6) is -1.48. The van der Waals surface area contributed by atoms with E-state index in [0.717, 1.165) is 24.2 Å². The van der Waals surface area contributed by atoms with Crippen molar-refractivity contribution in [3.63, 3.8) is 0 Å². The first kappa shape index (κ1) is 17.2. The summed E-state index contributed by atoms with van der Waals surface area (Å²) >= 11 is 0. The number of hydrogen-bond donors (Lipinski definition) is 1. The Labute approximate surface area is 135 Å². The third-order valence-electron chi connectivity index (χ3n) is 4.64. The van der Waals surface area contributed by atoms with Crippen LogP contribution >= 0.6 is 0 Å². The van der Waals surface area contributed by atoms with Crippen molar-refractivity contribution in [2.24, 2.45) is 5.92 Å². The SMILES string of the molecule is C[C@@H]1CCCC[C@@]12NC(=O)N(CC(=O)OCC(=O)N(C)C)C2=O. The van der Waals surface area contributed by atoms with Crippen LogP contribution in [-0.2, 0) is 19.1 Å². The number of urea groups is 1. The molecule has 1 saturated carbocycles. The summed E-state index contributed by atoms with van der Waals surface area (Å²) in [7, 11) is 3.09. The average Bonchev–Trinajstić information content (AvgIpc) is 2.73. The average molecular weight is 325 g/mol. The van der Waals surface area contributed by atoms with E-state index in [1.807, 2.05) is 6.92 Å². The van der Waals surface area contributed by atoms with Gasteiger partial charge in [0.25, 0.3) is 11.8 Å². The van der Waals surface area contributed by atoms with Crippen LogP contribution < -0.4 is 5.32 Å². The number of carbonyl (C=O) groups is 4. The van der Waals surface area contributed by atoms with Crippen LogP contribution in [0.2, 0.25) is 0 Å². The second kappa shape index (κ2) is 6.55. The number of hydrogen-bond acceptors (Lipinski definition) is 5. The number of esters is 1. The number of carbonyl (C=O) groups excluding carboxylic acids is 4. The molecule has 8 nitrogen and oxygen atoms in total. The molecule has 2 rings (SSSR count). The van der Waals surface area contributed by atoms with E-state index in [0.29, 0.717) is 6.42 Å². The molecule has 1 saturated heterocycles. The van der Waals surface area contributed by atoms with Gasteiger partial charge in [0.1, 0.15) is 12.1 Å². The molecule has 1 N–H and O–H groups in total. The van der Waals surface area contributed by atoms with E-state index >= 15 is 0 Å². The molecule has 2 fully saturated rings. The van der Waals surface area contributed by atoms with Crippen LogP contribution in [0, 0.1) is 5.92 Å². The zero-order valence-electron chi connectivity index (χ0n) is 13.8. The lowest BCUT2D eigenvalue weighted by molar-refractivity contribution is -0.153. The Balaban J connectivity index is 1.98. The molecule has 8 heteroatoms.